The Balaban J connectivity index is 2.30. The van der Waals surface area contributed by atoms with Gasteiger partial charge < -0.3 is 9.64 Å². The molecule has 0 bridgehead atoms. The Morgan fingerprint density at radius 2 is 2.41 bits per heavy atom. The van der Waals surface area contributed by atoms with E-state index in [0.717, 1.165) is 17.9 Å². The molecule has 0 spiro atoms. The van der Waals surface area contributed by atoms with Gasteiger partial charge in [-0.15, -0.1) is 0 Å². The topological polar surface area (TPSA) is 25.4 Å². The van der Waals surface area contributed by atoms with Gasteiger partial charge in [-0.05, 0) is 32.9 Å². The Labute approximate surface area is 103 Å². The summed E-state index contributed by atoms with van der Waals surface area (Å²) in [6.45, 7) is 11.1. The van der Waals surface area contributed by atoms with E-state index in [1.165, 1.54) is 5.69 Å². The first-order valence-electron chi connectivity index (χ1n) is 6.19. The lowest BCUT2D eigenvalue weighted by atomic mass is 10.1. The fraction of sp³-hybridized carbons (Fsp3) is 0.500. The maximum absolute atomic E-state index is 5.57. The summed E-state index contributed by atoms with van der Waals surface area (Å²) >= 11 is 0. The summed E-state index contributed by atoms with van der Waals surface area (Å²) < 4.78 is 5.57. The molecule has 0 radical (unpaired) electrons. The third-order valence-corrected chi connectivity index (χ3v) is 3.12. The Bertz CT molecular complexity index is 414. The maximum Gasteiger partial charge on any atom is 0.112 e. The van der Waals surface area contributed by atoms with E-state index in [1.807, 2.05) is 19.2 Å². The predicted octanol–water partition coefficient (Wildman–Crippen LogP) is 2.77. The van der Waals surface area contributed by atoms with Gasteiger partial charge in [0.05, 0.1) is 24.0 Å². The molecule has 1 aromatic heterocycles. The van der Waals surface area contributed by atoms with Gasteiger partial charge in [-0.3, -0.25) is 4.98 Å². The molecule has 1 aromatic rings. The van der Waals surface area contributed by atoms with Crippen LogP contribution in [-0.2, 0) is 11.2 Å². The van der Waals surface area contributed by atoms with Crippen molar-refractivity contribution in [2.24, 2.45) is 0 Å². The van der Waals surface area contributed by atoms with E-state index in [9.17, 15) is 0 Å². The van der Waals surface area contributed by atoms with Crippen molar-refractivity contribution in [2.75, 3.05) is 11.5 Å². The number of pyridine rings is 1. The molecule has 1 unspecified atom stereocenters. The highest BCUT2D eigenvalue weighted by atomic mass is 16.5. The Morgan fingerprint density at radius 3 is 3.06 bits per heavy atom. The molecule has 0 aromatic carbocycles. The number of fused-ring (bicyclic) bond motifs is 1. The quantitative estimate of drug-likeness (QED) is 0.746. The molecule has 3 heteroatoms. The zero-order valence-corrected chi connectivity index (χ0v) is 10.8. The van der Waals surface area contributed by atoms with E-state index < -0.39 is 0 Å². The van der Waals surface area contributed by atoms with Gasteiger partial charge in [0.25, 0.3) is 0 Å². The minimum atomic E-state index is 0.222. The monoisotopic (exact) mass is 232 g/mol. The molecule has 2 rings (SSSR count). The zero-order chi connectivity index (χ0) is 12.4. The van der Waals surface area contributed by atoms with Crippen molar-refractivity contribution in [1.29, 1.82) is 0 Å². The van der Waals surface area contributed by atoms with Crippen LogP contribution in [0.3, 0.4) is 0 Å². The van der Waals surface area contributed by atoms with Crippen LogP contribution in [0.1, 0.15) is 26.5 Å². The summed E-state index contributed by atoms with van der Waals surface area (Å²) in [5.74, 6) is 0.846. The van der Waals surface area contributed by atoms with Crippen molar-refractivity contribution in [3.63, 3.8) is 0 Å². The molecule has 0 amide bonds. The van der Waals surface area contributed by atoms with Crippen molar-refractivity contribution in [3.8, 4) is 0 Å². The lowest BCUT2D eigenvalue weighted by Gasteiger charge is -2.32. The molecular formula is C14H20N2O. The van der Waals surface area contributed by atoms with Crippen molar-refractivity contribution < 1.29 is 4.74 Å². The highest BCUT2D eigenvalue weighted by Gasteiger charge is 2.34. The number of rotatable bonds is 4. The largest absolute Gasteiger partial charge is 0.497 e. The molecule has 1 atom stereocenters. The number of aromatic nitrogens is 1. The van der Waals surface area contributed by atoms with Gasteiger partial charge in [0.2, 0.25) is 0 Å². The van der Waals surface area contributed by atoms with E-state index in [-0.39, 0.29) is 6.04 Å². The van der Waals surface area contributed by atoms with E-state index >= 15 is 0 Å². The van der Waals surface area contributed by atoms with Gasteiger partial charge >= 0.3 is 0 Å². The molecule has 3 nitrogen and oxygen atoms in total. The number of nitrogens with zero attached hydrogens (tertiary/aromatic N) is 2. The molecule has 0 N–H and O–H groups in total. The van der Waals surface area contributed by atoms with Gasteiger partial charge in [-0.1, -0.05) is 6.58 Å². The van der Waals surface area contributed by atoms with E-state index in [2.05, 4.69) is 36.4 Å². The van der Waals surface area contributed by atoms with Crippen molar-refractivity contribution in [3.05, 3.63) is 36.4 Å². The lowest BCUT2D eigenvalue weighted by Crippen LogP contribution is -2.39. The molecule has 0 saturated heterocycles. The summed E-state index contributed by atoms with van der Waals surface area (Å²) in [5, 5.41) is 0. The first-order chi connectivity index (χ1) is 8.15. The first kappa shape index (κ1) is 12.0. The molecular weight excluding hydrogens is 212 g/mol. The second-order valence-electron chi connectivity index (χ2n) is 4.59. The zero-order valence-electron chi connectivity index (χ0n) is 10.8. The molecule has 92 valence electrons. The molecule has 17 heavy (non-hydrogen) atoms. The second kappa shape index (κ2) is 4.78. The summed E-state index contributed by atoms with van der Waals surface area (Å²) in [5.41, 5.74) is 2.36. The SMILES string of the molecule is C=C(OCC)C1Cc2ncccc2N1C(C)C. The summed E-state index contributed by atoms with van der Waals surface area (Å²) in [6.07, 6.45) is 2.75. The van der Waals surface area contributed by atoms with Crippen molar-refractivity contribution >= 4 is 5.69 Å². The molecule has 0 fully saturated rings. The summed E-state index contributed by atoms with van der Waals surface area (Å²) in [6, 6.07) is 4.75. The first-order valence-corrected chi connectivity index (χ1v) is 6.19. The van der Waals surface area contributed by atoms with Crippen LogP contribution >= 0.6 is 0 Å². The van der Waals surface area contributed by atoms with Gasteiger partial charge in [-0.2, -0.15) is 0 Å². The van der Waals surface area contributed by atoms with Crippen LogP contribution < -0.4 is 4.90 Å². The fourth-order valence-electron chi connectivity index (χ4n) is 2.46. The number of ether oxygens (including phenoxy) is 1. The molecule has 1 aliphatic rings. The molecule has 1 aliphatic heterocycles. The Kier molecular flexibility index (Phi) is 3.36. The van der Waals surface area contributed by atoms with Gasteiger partial charge in [0.1, 0.15) is 5.76 Å². The van der Waals surface area contributed by atoms with E-state index in [4.69, 9.17) is 4.74 Å². The third kappa shape index (κ3) is 2.14. The normalized spacial score (nSPS) is 18.4. The van der Waals surface area contributed by atoms with Crippen LogP contribution in [0, 0.1) is 0 Å². The Morgan fingerprint density at radius 1 is 1.65 bits per heavy atom. The fourth-order valence-corrected chi connectivity index (χ4v) is 2.46. The predicted molar refractivity (Wildman–Crippen MR) is 70.1 cm³/mol. The summed E-state index contributed by atoms with van der Waals surface area (Å²) in [7, 11) is 0. The van der Waals surface area contributed by atoms with Crippen molar-refractivity contribution in [2.45, 2.75) is 39.3 Å². The van der Waals surface area contributed by atoms with Gasteiger partial charge in [0, 0.05) is 18.7 Å². The maximum atomic E-state index is 5.57. The van der Waals surface area contributed by atoms with Crippen LogP contribution in [0.5, 0.6) is 0 Å². The highest BCUT2D eigenvalue weighted by Crippen LogP contribution is 2.34. The molecule has 0 aliphatic carbocycles. The van der Waals surface area contributed by atoms with Crippen LogP contribution in [0.15, 0.2) is 30.7 Å². The highest BCUT2D eigenvalue weighted by molar-refractivity contribution is 5.58. The van der Waals surface area contributed by atoms with Crippen molar-refractivity contribution in [1.82, 2.24) is 4.98 Å². The van der Waals surface area contributed by atoms with E-state index in [0.29, 0.717) is 12.6 Å². The van der Waals surface area contributed by atoms with Gasteiger partial charge in [0.15, 0.2) is 0 Å². The summed E-state index contributed by atoms with van der Waals surface area (Å²) in [4.78, 5) is 6.79. The average molecular weight is 232 g/mol. The average Bonchev–Trinajstić information content (AvgIpc) is 2.68. The minimum absolute atomic E-state index is 0.222. The standard InChI is InChI=1S/C14H20N2O/c1-5-17-11(4)14-9-12-13(7-6-8-15-12)16(14)10(2)3/h6-8,10,14H,4-5,9H2,1-3H3. The van der Waals surface area contributed by atoms with E-state index in [1.54, 1.807) is 0 Å². The smallest absolute Gasteiger partial charge is 0.112 e. The number of hydrogen-bond donors (Lipinski definition) is 0. The van der Waals surface area contributed by atoms with Crippen LogP contribution in [0.4, 0.5) is 5.69 Å². The number of anilines is 1. The minimum Gasteiger partial charge on any atom is -0.497 e. The second-order valence-corrected chi connectivity index (χ2v) is 4.59. The van der Waals surface area contributed by atoms with Gasteiger partial charge in [-0.25, -0.2) is 0 Å². The molecule has 0 saturated carbocycles. The van der Waals surface area contributed by atoms with Crippen LogP contribution in [-0.4, -0.2) is 23.7 Å². The van der Waals surface area contributed by atoms with Crippen LogP contribution in [0.25, 0.3) is 0 Å². The van der Waals surface area contributed by atoms with Crippen LogP contribution in [0.2, 0.25) is 0 Å². The lowest BCUT2D eigenvalue weighted by molar-refractivity contribution is 0.208. The Hall–Kier alpha value is -1.51. The number of hydrogen-bond acceptors (Lipinski definition) is 3. The third-order valence-electron chi connectivity index (χ3n) is 3.12. The molecule has 2 heterocycles.